The maximum absolute atomic E-state index is 13.2. The van der Waals surface area contributed by atoms with E-state index in [0.29, 0.717) is 13.0 Å². The Morgan fingerprint density at radius 1 is 1.12 bits per heavy atom. The van der Waals surface area contributed by atoms with Gasteiger partial charge in [0.05, 0.1) is 18.1 Å². The first-order chi connectivity index (χ1) is 11.6. The van der Waals surface area contributed by atoms with Gasteiger partial charge in [0.2, 0.25) is 6.29 Å². The lowest BCUT2D eigenvalue weighted by atomic mass is 9.58. The number of ether oxygens (including phenoxy) is 3. The van der Waals surface area contributed by atoms with Crippen LogP contribution in [0.25, 0.3) is 0 Å². The molecule has 0 saturated carbocycles. The minimum absolute atomic E-state index is 0.0299. The van der Waals surface area contributed by atoms with Crippen LogP contribution in [0.5, 0.6) is 0 Å². The number of carbonyl (C=O) groups is 1. The molecule has 0 aromatic heterocycles. The van der Waals surface area contributed by atoms with Gasteiger partial charge in [-0.2, -0.15) is 0 Å². The average molecular weight is 372 g/mol. The molecule has 0 amide bonds. The summed E-state index contributed by atoms with van der Waals surface area (Å²) in [7, 11) is 0. The largest absolute Gasteiger partial charge is 0.435 e. The van der Waals surface area contributed by atoms with Crippen LogP contribution < -0.4 is 5.73 Å². The topological polar surface area (TPSA) is 70.8 Å². The highest BCUT2D eigenvalue weighted by Gasteiger charge is 2.55. The second-order valence-corrected chi connectivity index (χ2v) is 10.7. The molecule has 0 spiro atoms. The molecule has 1 saturated heterocycles. The van der Waals surface area contributed by atoms with Crippen molar-refractivity contribution >= 4 is 5.97 Å². The van der Waals surface area contributed by atoms with E-state index in [-0.39, 0.29) is 22.9 Å². The summed E-state index contributed by atoms with van der Waals surface area (Å²) >= 11 is 0. The van der Waals surface area contributed by atoms with Crippen LogP contribution in [-0.4, -0.2) is 37.1 Å². The van der Waals surface area contributed by atoms with E-state index < -0.39 is 17.2 Å². The standard InChI is InChI=1S/C21H41NO4/c1-18(2,3)13-16(25-14-15-11-10-12-24-15)26-17(23)21(9,19(4,5)6)20(7,8)22/h15-16H,10-14,22H2,1-9H3. The van der Waals surface area contributed by atoms with E-state index in [4.69, 9.17) is 19.9 Å². The van der Waals surface area contributed by atoms with Gasteiger partial charge in [-0.25, -0.2) is 0 Å². The molecule has 3 unspecified atom stereocenters. The minimum Gasteiger partial charge on any atom is -0.435 e. The van der Waals surface area contributed by atoms with Crippen LogP contribution in [0.4, 0.5) is 0 Å². The van der Waals surface area contributed by atoms with E-state index in [9.17, 15) is 4.79 Å². The van der Waals surface area contributed by atoms with Crippen LogP contribution in [0, 0.1) is 16.2 Å². The Morgan fingerprint density at radius 2 is 1.69 bits per heavy atom. The Bertz CT molecular complexity index is 448. The van der Waals surface area contributed by atoms with E-state index in [0.717, 1.165) is 19.4 Å². The maximum atomic E-state index is 13.2. The van der Waals surface area contributed by atoms with Crippen molar-refractivity contribution in [2.45, 2.75) is 99.5 Å². The van der Waals surface area contributed by atoms with Crippen molar-refractivity contribution in [3.63, 3.8) is 0 Å². The molecule has 0 bridgehead atoms. The molecule has 1 heterocycles. The fourth-order valence-corrected chi connectivity index (χ4v) is 3.40. The molecule has 1 fully saturated rings. The summed E-state index contributed by atoms with van der Waals surface area (Å²) in [6, 6.07) is 0. The lowest BCUT2D eigenvalue weighted by Crippen LogP contribution is -2.61. The number of hydrogen-bond acceptors (Lipinski definition) is 5. The van der Waals surface area contributed by atoms with Gasteiger partial charge in [-0.15, -0.1) is 0 Å². The summed E-state index contributed by atoms with van der Waals surface area (Å²) in [6.45, 7) is 19.3. The van der Waals surface area contributed by atoms with Crippen molar-refractivity contribution in [1.82, 2.24) is 0 Å². The predicted octanol–water partition coefficient (Wildman–Crippen LogP) is 4.28. The molecule has 154 valence electrons. The molecule has 0 aliphatic carbocycles. The normalized spacial score (nSPS) is 22.8. The third-order valence-electron chi connectivity index (χ3n) is 5.71. The summed E-state index contributed by atoms with van der Waals surface area (Å²) in [5.41, 5.74) is 4.44. The molecular weight excluding hydrogens is 330 g/mol. The number of hydrogen-bond donors (Lipinski definition) is 1. The zero-order valence-electron chi connectivity index (χ0n) is 18.4. The molecule has 1 rings (SSSR count). The minimum atomic E-state index is -0.858. The number of esters is 1. The summed E-state index contributed by atoms with van der Waals surface area (Å²) in [6.07, 6.45) is 2.16. The van der Waals surface area contributed by atoms with Gasteiger partial charge in [-0.05, 0) is 44.4 Å². The Morgan fingerprint density at radius 3 is 2.08 bits per heavy atom. The van der Waals surface area contributed by atoms with Gasteiger partial charge in [-0.1, -0.05) is 41.5 Å². The Hall–Kier alpha value is -0.650. The molecule has 1 aliphatic heterocycles. The number of nitrogens with two attached hydrogens (primary N) is 1. The SMILES string of the molecule is CC(C)(C)CC(OCC1CCCO1)OC(=O)C(C)(C(C)(C)C)C(C)(C)N. The van der Waals surface area contributed by atoms with Crippen LogP contribution in [0.2, 0.25) is 0 Å². The third-order valence-corrected chi connectivity index (χ3v) is 5.71. The van der Waals surface area contributed by atoms with E-state index in [1.54, 1.807) is 0 Å². The van der Waals surface area contributed by atoms with Gasteiger partial charge in [0.1, 0.15) is 0 Å². The van der Waals surface area contributed by atoms with Gasteiger partial charge in [0, 0.05) is 18.6 Å². The van der Waals surface area contributed by atoms with Crippen molar-refractivity contribution < 1.29 is 19.0 Å². The van der Waals surface area contributed by atoms with Crippen LogP contribution in [-0.2, 0) is 19.0 Å². The number of rotatable bonds is 7. The monoisotopic (exact) mass is 371 g/mol. The van der Waals surface area contributed by atoms with Crippen molar-refractivity contribution in [1.29, 1.82) is 0 Å². The van der Waals surface area contributed by atoms with Crippen molar-refractivity contribution in [3.05, 3.63) is 0 Å². The summed E-state index contributed by atoms with van der Waals surface area (Å²) in [4.78, 5) is 13.2. The Kier molecular flexibility index (Phi) is 7.34. The first kappa shape index (κ1) is 23.4. The van der Waals surface area contributed by atoms with Crippen LogP contribution in [0.3, 0.4) is 0 Å². The van der Waals surface area contributed by atoms with Crippen LogP contribution in [0.15, 0.2) is 0 Å². The fraction of sp³-hybridized carbons (Fsp3) is 0.952. The first-order valence-electron chi connectivity index (χ1n) is 9.81. The van der Waals surface area contributed by atoms with Crippen molar-refractivity contribution in [3.8, 4) is 0 Å². The van der Waals surface area contributed by atoms with Crippen LogP contribution >= 0.6 is 0 Å². The third kappa shape index (κ3) is 5.93. The summed E-state index contributed by atoms with van der Waals surface area (Å²) in [5, 5.41) is 0. The molecule has 5 nitrogen and oxygen atoms in total. The zero-order chi connectivity index (χ0) is 20.4. The Balaban J connectivity index is 2.93. The molecule has 2 N–H and O–H groups in total. The van der Waals surface area contributed by atoms with E-state index >= 15 is 0 Å². The molecule has 0 aromatic carbocycles. The highest BCUT2D eigenvalue weighted by molar-refractivity contribution is 5.79. The van der Waals surface area contributed by atoms with Gasteiger partial charge >= 0.3 is 5.97 Å². The molecule has 1 aliphatic rings. The zero-order valence-corrected chi connectivity index (χ0v) is 18.4. The van der Waals surface area contributed by atoms with Gasteiger partial charge in [-0.3, -0.25) is 4.79 Å². The summed E-state index contributed by atoms with van der Waals surface area (Å²) in [5.74, 6) is -0.306. The van der Waals surface area contributed by atoms with E-state index in [1.165, 1.54) is 0 Å². The van der Waals surface area contributed by atoms with E-state index in [2.05, 4.69) is 20.8 Å². The lowest BCUT2D eigenvalue weighted by Gasteiger charge is -2.49. The molecule has 0 aromatic rings. The highest BCUT2D eigenvalue weighted by atomic mass is 16.7. The highest BCUT2D eigenvalue weighted by Crippen LogP contribution is 2.47. The predicted molar refractivity (Wildman–Crippen MR) is 105 cm³/mol. The fourth-order valence-electron chi connectivity index (χ4n) is 3.40. The molecule has 3 atom stereocenters. The Labute approximate surface area is 160 Å². The lowest BCUT2D eigenvalue weighted by molar-refractivity contribution is -0.209. The van der Waals surface area contributed by atoms with Crippen molar-refractivity contribution in [2.75, 3.05) is 13.2 Å². The first-order valence-corrected chi connectivity index (χ1v) is 9.81. The summed E-state index contributed by atoms with van der Waals surface area (Å²) < 4.78 is 17.5. The quantitative estimate of drug-likeness (QED) is 0.534. The average Bonchev–Trinajstić information content (AvgIpc) is 2.92. The molecular formula is C21H41NO4. The second kappa shape index (κ2) is 8.15. The number of carbonyl (C=O) groups excluding carboxylic acids is 1. The van der Waals surface area contributed by atoms with Crippen LogP contribution in [0.1, 0.15) is 81.6 Å². The second-order valence-electron chi connectivity index (χ2n) is 10.7. The van der Waals surface area contributed by atoms with Crippen molar-refractivity contribution in [2.24, 2.45) is 22.0 Å². The smallest absolute Gasteiger partial charge is 0.316 e. The van der Waals surface area contributed by atoms with Gasteiger partial charge in [0.15, 0.2) is 0 Å². The van der Waals surface area contributed by atoms with Gasteiger partial charge in [0.25, 0.3) is 0 Å². The molecule has 0 radical (unpaired) electrons. The molecule has 26 heavy (non-hydrogen) atoms. The van der Waals surface area contributed by atoms with E-state index in [1.807, 2.05) is 41.5 Å². The molecule has 5 heteroatoms. The van der Waals surface area contributed by atoms with Gasteiger partial charge < -0.3 is 19.9 Å². The maximum Gasteiger partial charge on any atom is 0.316 e.